The number of esters is 1. The molecule has 7 heteroatoms. The average Bonchev–Trinajstić information content (AvgIpc) is 2.94. The first-order valence-electron chi connectivity index (χ1n) is 7.34. The van der Waals surface area contributed by atoms with Gasteiger partial charge in [0.2, 0.25) is 0 Å². The van der Waals surface area contributed by atoms with Gasteiger partial charge in [0.05, 0.1) is 23.8 Å². The Morgan fingerprint density at radius 1 is 1.38 bits per heavy atom. The largest absolute Gasteiger partial charge is 0.460 e. The lowest BCUT2D eigenvalue weighted by molar-refractivity contribution is 0.0488. The van der Waals surface area contributed by atoms with Gasteiger partial charge in [-0.15, -0.1) is 0 Å². The van der Waals surface area contributed by atoms with Crippen LogP contribution in [0.1, 0.15) is 21.6 Å². The maximum Gasteiger partial charge on any atom is 0.338 e. The van der Waals surface area contributed by atoms with E-state index in [-0.39, 0.29) is 19.0 Å². The average molecular weight is 321 g/mol. The molecule has 1 aromatic carbocycles. The predicted octanol–water partition coefficient (Wildman–Crippen LogP) is 2.05. The number of rotatable bonds is 4. The molecule has 0 unspecified atom stereocenters. The molecule has 0 aliphatic heterocycles. The van der Waals surface area contributed by atoms with Crippen molar-refractivity contribution < 1.29 is 9.53 Å². The van der Waals surface area contributed by atoms with Crippen molar-refractivity contribution in [3.8, 4) is 6.07 Å². The first-order chi connectivity index (χ1) is 11.6. The quantitative estimate of drug-likeness (QED) is 0.737. The summed E-state index contributed by atoms with van der Waals surface area (Å²) in [6.07, 6.45) is 1.38. The molecule has 0 spiro atoms. The molecule has 120 valence electrons. The van der Waals surface area contributed by atoms with Gasteiger partial charge >= 0.3 is 5.97 Å². The number of carbonyl (C=O) groups is 1. The number of aromatic nitrogens is 3. The summed E-state index contributed by atoms with van der Waals surface area (Å²) in [6, 6.07) is 11.0. The van der Waals surface area contributed by atoms with Crippen LogP contribution in [-0.2, 0) is 11.3 Å². The van der Waals surface area contributed by atoms with E-state index in [0.717, 1.165) is 16.6 Å². The Bertz CT molecular complexity index is 955. The molecule has 3 aromatic rings. The molecule has 2 aromatic heterocycles. The fraction of sp³-hybridized carbons (Fsp3) is 0.176. The van der Waals surface area contributed by atoms with Gasteiger partial charge in [0.25, 0.3) is 0 Å². The third-order valence-electron chi connectivity index (χ3n) is 3.60. The molecule has 2 N–H and O–H groups in total. The third kappa shape index (κ3) is 3.03. The van der Waals surface area contributed by atoms with Gasteiger partial charge in [0.1, 0.15) is 24.1 Å². The van der Waals surface area contributed by atoms with Crippen molar-refractivity contribution in [2.45, 2.75) is 13.5 Å². The highest BCUT2D eigenvalue weighted by Crippen LogP contribution is 2.16. The van der Waals surface area contributed by atoms with Gasteiger partial charge < -0.3 is 10.5 Å². The lowest BCUT2D eigenvalue weighted by Gasteiger charge is -2.07. The number of benzene rings is 1. The van der Waals surface area contributed by atoms with E-state index in [1.54, 1.807) is 18.2 Å². The van der Waals surface area contributed by atoms with Crippen LogP contribution in [0.25, 0.3) is 10.9 Å². The van der Waals surface area contributed by atoms with E-state index < -0.39 is 5.97 Å². The van der Waals surface area contributed by atoms with Crippen molar-refractivity contribution in [1.82, 2.24) is 14.8 Å². The van der Waals surface area contributed by atoms with Crippen LogP contribution >= 0.6 is 0 Å². The van der Waals surface area contributed by atoms with Gasteiger partial charge in [-0.25, -0.2) is 9.48 Å². The highest BCUT2D eigenvalue weighted by Gasteiger charge is 2.10. The van der Waals surface area contributed by atoms with E-state index in [4.69, 9.17) is 15.7 Å². The maximum atomic E-state index is 12.1. The van der Waals surface area contributed by atoms with E-state index in [1.165, 1.54) is 10.9 Å². The fourth-order valence-electron chi connectivity index (χ4n) is 2.32. The van der Waals surface area contributed by atoms with Crippen molar-refractivity contribution in [3.05, 3.63) is 53.3 Å². The lowest BCUT2D eigenvalue weighted by Crippen LogP contribution is -2.14. The van der Waals surface area contributed by atoms with Crippen molar-refractivity contribution in [2.24, 2.45) is 0 Å². The Morgan fingerprint density at radius 2 is 2.21 bits per heavy atom. The molecule has 0 radical (unpaired) electrons. The SMILES string of the molecule is Cc1ccc2cc(C(=O)OCCn3ncc(C#N)c3N)ccc2n1. The van der Waals surface area contributed by atoms with Crippen molar-refractivity contribution >= 4 is 22.7 Å². The summed E-state index contributed by atoms with van der Waals surface area (Å²) in [4.78, 5) is 16.5. The molecule has 0 bridgehead atoms. The van der Waals surface area contributed by atoms with E-state index >= 15 is 0 Å². The Morgan fingerprint density at radius 3 is 2.96 bits per heavy atom. The molecule has 0 fully saturated rings. The number of nitrogen functional groups attached to an aromatic ring is 1. The highest BCUT2D eigenvalue weighted by atomic mass is 16.5. The molecule has 0 aliphatic rings. The lowest BCUT2D eigenvalue weighted by atomic mass is 10.1. The van der Waals surface area contributed by atoms with Gasteiger partial charge in [-0.1, -0.05) is 6.07 Å². The summed E-state index contributed by atoms with van der Waals surface area (Å²) in [5, 5.41) is 13.7. The number of hydrogen-bond acceptors (Lipinski definition) is 6. The Kier molecular flexibility index (Phi) is 4.12. The van der Waals surface area contributed by atoms with Crippen LogP contribution in [0.5, 0.6) is 0 Å². The number of carbonyl (C=O) groups excluding carboxylic acids is 1. The topological polar surface area (TPSA) is 107 Å². The molecule has 3 rings (SSSR count). The number of ether oxygens (including phenoxy) is 1. The zero-order valence-corrected chi connectivity index (χ0v) is 13.1. The second kappa shape index (κ2) is 6.38. The molecule has 0 saturated heterocycles. The smallest absolute Gasteiger partial charge is 0.338 e. The second-order valence-corrected chi connectivity index (χ2v) is 5.27. The summed E-state index contributed by atoms with van der Waals surface area (Å²) in [5.41, 5.74) is 8.26. The minimum atomic E-state index is -0.427. The van der Waals surface area contributed by atoms with E-state index in [9.17, 15) is 4.79 Å². The number of pyridine rings is 1. The summed E-state index contributed by atoms with van der Waals surface area (Å²) < 4.78 is 6.67. The fourth-order valence-corrected chi connectivity index (χ4v) is 2.32. The molecule has 7 nitrogen and oxygen atoms in total. The zero-order valence-electron chi connectivity index (χ0n) is 13.1. The summed E-state index contributed by atoms with van der Waals surface area (Å²) in [7, 11) is 0. The number of nitriles is 1. The van der Waals surface area contributed by atoms with Gasteiger partial charge in [-0.05, 0) is 31.2 Å². The number of hydrogen-bond donors (Lipinski definition) is 1. The van der Waals surface area contributed by atoms with Crippen LogP contribution in [0.3, 0.4) is 0 Å². The number of nitrogens with zero attached hydrogens (tertiary/aromatic N) is 4. The number of nitrogens with two attached hydrogens (primary N) is 1. The Hall–Kier alpha value is -3.40. The number of fused-ring (bicyclic) bond motifs is 1. The van der Waals surface area contributed by atoms with Crippen LogP contribution < -0.4 is 5.73 Å². The van der Waals surface area contributed by atoms with Gasteiger partial charge in [-0.2, -0.15) is 10.4 Å². The van der Waals surface area contributed by atoms with Crippen molar-refractivity contribution in [2.75, 3.05) is 12.3 Å². The minimum Gasteiger partial charge on any atom is -0.460 e. The van der Waals surface area contributed by atoms with Gasteiger partial charge in [0.15, 0.2) is 0 Å². The summed E-state index contributed by atoms with van der Waals surface area (Å²) in [5.74, 6) is -0.163. The first-order valence-corrected chi connectivity index (χ1v) is 7.34. The molecule has 0 amide bonds. The molecular formula is C17H15N5O2. The molecule has 0 aliphatic carbocycles. The van der Waals surface area contributed by atoms with Crippen LogP contribution in [0, 0.1) is 18.3 Å². The van der Waals surface area contributed by atoms with Crippen LogP contribution in [0.4, 0.5) is 5.82 Å². The predicted molar refractivity (Wildman–Crippen MR) is 88.1 cm³/mol. The minimum absolute atomic E-state index is 0.111. The molecule has 24 heavy (non-hydrogen) atoms. The normalized spacial score (nSPS) is 10.5. The molecule has 2 heterocycles. The van der Waals surface area contributed by atoms with Crippen molar-refractivity contribution in [3.63, 3.8) is 0 Å². The Balaban J connectivity index is 1.65. The summed E-state index contributed by atoms with van der Waals surface area (Å²) in [6.45, 7) is 2.31. The second-order valence-electron chi connectivity index (χ2n) is 5.27. The van der Waals surface area contributed by atoms with Crippen LogP contribution in [-0.4, -0.2) is 27.3 Å². The van der Waals surface area contributed by atoms with Crippen LogP contribution in [0.15, 0.2) is 36.5 Å². The Labute approximate surface area is 138 Å². The standard InChI is InChI=1S/C17H15N5O2/c1-11-2-3-12-8-13(4-5-15(12)21-11)17(23)24-7-6-22-16(19)14(9-18)10-20-22/h2-5,8,10H,6-7,19H2,1H3. The third-order valence-corrected chi connectivity index (χ3v) is 3.60. The van der Waals surface area contributed by atoms with Crippen LogP contribution in [0.2, 0.25) is 0 Å². The molecule has 0 saturated carbocycles. The molecule has 0 atom stereocenters. The number of anilines is 1. The highest BCUT2D eigenvalue weighted by molar-refractivity contribution is 5.94. The van der Waals surface area contributed by atoms with Gasteiger partial charge in [0, 0.05) is 11.1 Å². The molecular weight excluding hydrogens is 306 g/mol. The van der Waals surface area contributed by atoms with Gasteiger partial charge in [-0.3, -0.25) is 4.98 Å². The maximum absolute atomic E-state index is 12.1. The number of aryl methyl sites for hydroxylation is 1. The van der Waals surface area contributed by atoms with E-state index in [0.29, 0.717) is 11.1 Å². The van der Waals surface area contributed by atoms with Crippen molar-refractivity contribution in [1.29, 1.82) is 5.26 Å². The first kappa shape index (κ1) is 15.5. The van der Waals surface area contributed by atoms with E-state index in [1.807, 2.05) is 25.1 Å². The monoisotopic (exact) mass is 321 g/mol. The van der Waals surface area contributed by atoms with E-state index in [2.05, 4.69) is 10.1 Å². The summed E-state index contributed by atoms with van der Waals surface area (Å²) >= 11 is 0. The zero-order chi connectivity index (χ0) is 17.1.